The fraction of sp³-hybridized carbons (Fsp3) is 0.562. The topological polar surface area (TPSA) is 71.5 Å². The normalized spacial score (nSPS) is 22.8. The number of aromatic nitrogens is 1. The molecule has 6 nitrogen and oxygen atoms in total. The summed E-state index contributed by atoms with van der Waals surface area (Å²) in [6.07, 6.45) is 3.71. The lowest BCUT2D eigenvalue weighted by atomic mass is 10.0. The first-order valence-corrected chi connectivity index (χ1v) is 7.78. The molecule has 3 rings (SSSR count). The Morgan fingerprint density at radius 2 is 2.18 bits per heavy atom. The largest absolute Gasteiger partial charge is 0.381 e. The predicted molar refractivity (Wildman–Crippen MR) is 79.7 cm³/mol. The van der Waals surface area contributed by atoms with E-state index in [1.54, 1.807) is 11.1 Å². The van der Waals surface area contributed by atoms with Crippen LogP contribution in [-0.4, -0.2) is 47.5 Å². The van der Waals surface area contributed by atoms with Gasteiger partial charge in [-0.05, 0) is 25.0 Å². The van der Waals surface area contributed by atoms with Crippen molar-refractivity contribution in [2.24, 2.45) is 5.92 Å². The Morgan fingerprint density at radius 1 is 1.36 bits per heavy atom. The third-order valence-electron chi connectivity index (χ3n) is 4.23. The third kappa shape index (κ3) is 3.62. The Bertz CT molecular complexity index is 529. The number of amides is 2. The maximum atomic E-state index is 12.3. The Kier molecular flexibility index (Phi) is 4.68. The Balaban J connectivity index is 1.53. The van der Waals surface area contributed by atoms with Gasteiger partial charge >= 0.3 is 0 Å². The molecule has 1 atom stereocenters. The van der Waals surface area contributed by atoms with E-state index >= 15 is 0 Å². The first-order valence-electron chi connectivity index (χ1n) is 7.78. The summed E-state index contributed by atoms with van der Waals surface area (Å²) in [7, 11) is 0. The van der Waals surface area contributed by atoms with E-state index < -0.39 is 0 Å². The molecule has 2 aliphatic heterocycles. The molecule has 2 fully saturated rings. The molecule has 3 heterocycles. The minimum Gasteiger partial charge on any atom is -0.381 e. The fourth-order valence-corrected chi connectivity index (χ4v) is 2.95. The van der Waals surface area contributed by atoms with Crippen LogP contribution >= 0.6 is 0 Å². The molecule has 118 valence electrons. The summed E-state index contributed by atoms with van der Waals surface area (Å²) in [6, 6.07) is 5.82. The van der Waals surface area contributed by atoms with Gasteiger partial charge in [-0.2, -0.15) is 0 Å². The van der Waals surface area contributed by atoms with E-state index in [1.807, 2.05) is 18.2 Å². The third-order valence-corrected chi connectivity index (χ3v) is 4.23. The van der Waals surface area contributed by atoms with E-state index in [0.717, 1.165) is 18.5 Å². The summed E-state index contributed by atoms with van der Waals surface area (Å²) in [4.78, 5) is 30.3. The average Bonchev–Trinajstić information content (AvgIpc) is 2.90. The number of likely N-dealkylation sites (tertiary alicyclic amines) is 1. The lowest BCUT2D eigenvalue weighted by molar-refractivity contribution is -0.129. The molecule has 1 aromatic rings. The molecule has 0 bridgehead atoms. The summed E-state index contributed by atoms with van der Waals surface area (Å²) in [6.45, 7) is 2.34. The zero-order chi connectivity index (χ0) is 15.4. The van der Waals surface area contributed by atoms with Gasteiger partial charge in [-0.1, -0.05) is 6.07 Å². The number of nitrogens with one attached hydrogen (secondary N) is 1. The van der Waals surface area contributed by atoms with Crippen molar-refractivity contribution in [2.45, 2.75) is 31.8 Å². The molecule has 2 aliphatic rings. The van der Waals surface area contributed by atoms with Crippen LogP contribution in [0.5, 0.6) is 0 Å². The zero-order valence-corrected chi connectivity index (χ0v) is 12.5. The van der Waals surface area contributed by atoms with Gasteiger partial charge in [0.05, 0.1) is 18.2 Å². The average molecular weight is 303 g/mol. The van der Waals surface area contributed by atoms with E-state index in [4.69, 9.17) is 4.74 Å². The number of carbonyl (C=O) groups excluding carboxylic acids is 2. The van der Waals surface area contributed by atoms with E-state index in [2.05, 4.69) is 10.3 Å². The highest BCUT2D eigenvalue weighted by Gasteiger charge is 2.35. The molecule has 2 amide bonds. The highest BCUT2D eigenvalue weighted by Crippen LogP contribution is 2.20. The van der Waals surface area contributed by atoms with Gasteiger partial charge in [0.25, 0.3) is 0 Å². The molecule has 0 spiro atoms. The molecule has 0 unspecified atom stereocenters. The molecular weight excluding hydrogens is 282 g/mol. The maximum Gasteiger partial charge on any atom is 0.225 e. The summed E-state index contributed by atoms with van der Waals surface area (Å²) in [5.74, 6) is -0.236. The van der Waals surface area contributed by atoms with Gasteiger partial charge in [0.1, 0.15) is 0 Å². The fourth-order valence-electron chi connectivity index (χ4n) is 2.95. The summed E-state index contributed by atoms with van der Waals surface area (Å²) in [5, 5.41) is 3.05. The molecule has 0 aliphatic carbocycles. The van der Waals surface area contributed by atoms with Crippen molar-refractivity contribution < 1.29 is 14.3 Å². The van der Waals surface area contributed by atoms with Gasteiger partial charge in [-0.3, -0.25) is 14.6 Å². The zero-order valence-electron chi connectivity index (χ0n) is 12.5. The Hall–Kier alpha value is -1.95. The molecule has 0 saturated carbocycles. The second-order valence-electron chi connectivity index (χ2n) is 5.89. The van der Waals surface area contributed by atoms with Crippen LogP contribution in [0.25, 0.3) is 0 Å². The number of ether oxygens (including phenoxy) is 1. The SMILES string of the molecule is O=C(NC1CCOCC1)[C@@H]1CC(=O)N(Cc2ccccn2)C1. The van der Waals surface area contributed by atoms with Crippen molar-refractivity contribution >= 4 is 11.8 Å². The van der Waals surface area contributed by atoms with Crippen LogP contribution in [0.1, 0.15) is 25.0 Å². The van der Waals surface area contributed by atoms with Crippen LogP contribution in [0.15, 0.2) is 24.4 Å². The number of rotatable bonds is 4. The van der Waals surface area contributed by atoms with Crippen LogP contribution in [0.2, 0.25) is 0 Å². The van der Waals surface area contributed by atoms with Crippen molar-refractivity contribution in [3.05, 3.63) is 30.1 Å². The van der Waals surface area contributed by atoms with Crippen LogP contribution in [0.3, 0.4) is 0 Å². The summed E-state index contributed by atoms with van der Waals surface area (Å²) < 4.78 is 5.29. The van der Waals surface area contributed by atoms with Crippen molar-refractivity contribution in [3.8, 4) is 0 Å². The van der Waals surface area contributed by atoms with Crippen LogP contribution in [0, 0.1) is 5.92 Å². The number of carbonyl (C=O) groups is 2. The molecular formula is C16H21N3O3. The van der Waals surface area contributed by atoms with Crippen molar-refractivity contribution in [2.75, 3.05) is 19.8 Å². The Labute approximate surface area is 129 Å². The lowest BCUT2D eigenvalue weighted by Gasteiger charge is -2.24. The first kappa shape index (κ1) is 15.0. The predicted octanol–water partition coefficient (Wildman–Crippen LogP) is 0.725. The minimum absolute atomic E-state index is 0.0104. The Morgan fingerprint density at radius 3 is 2.91 bits per heavy atom. The number of hydrogen-bond donors (Lipinski definition) is 1. The van der Waals surface area contributed by atoms with E-state index in [1.165, 1.54) is 0 Å². The molecule has 0 aromatic carbocycles. The first-order chi connectivity index (χ1) is 10.7. The highest BCUT2D eigenvalue weighted by atomic mass is 16.5. The smallest absolute Gasteiger partial charge is 0.225 e. The van der Waals surface area contributed by atoms with Gasteiger partial charge in [0.2, 0.25) is 11.8 Å². The number of pyridine rings is 1. The van der Waals surface area contributed by atoms with Crippen LogP contribution in [0.4, 0.5) is 0 Å². The number of hydrogen-bond acceptors (Lipinski definition) is 4. The minimum atomic E-state index is -0.251. The second-order valence-corrected chi connectivity index (χ2v) is 5.89. The maximum absolute atomic E-state index is 12.3. The van der Waals surface area contributed by atoms with E-state index in [-0.39, 0.29) is 23.8 Å². The monoisotopic (exact) mass is 303 g/mol. The van der Waals surface area contributed by atoms with Gasteiger partial charge in [0, 0.05) is 38.4 Å². The molecule has 1 aromatic heterocycles. The second kappa shape index (κ2) is 6.87. The molecule has 1 N–H and O–H groups in total. The molecule has 0 radical (unpaired) electrons. The van der Waals surface area contributed by atoms with E-state index in [0.29, 0.717) is 32.7 Å². The van der Waals surface area contributed by atoms with Crippen LogP contribution in [-0.2, 0) is 20.9 Å². The van der Waals surface area contributed by atoms with Crippen molar-refractivity contribution in [1.29, 1.82) is 0 Å². The van der Waals surface area contributed by atoms with Gasteiger partial charge in [-0.25, -0.2) is 0 Å². The van der Waals surface area contributed by atoms with Crippen molar-refractivity contribution in [3.63, 3.8) is 0 Å². The van der Waals surface area contributed by atoms with Crippen molar-refractivity contribution in [1.82, 2.24) is 15.2 Å². The molecule has 2 saturated heterocycles. The van der Waals surface area contributed by atoms with Gasteiger partial charge in [0.15, 0.2) is 0 Å². The standard InChI is InChI=1S/C16H21N3O3/c20-15-9-12(16(21)18-13-4-7-22-8-5-13)10-19(15)11-14-3-1-2-6-17-14/h1-3,6,12-13H,4-5,7-11H2,(H,18,21)/t12-/m1/s1. The number of nitrogens with zero attached hydrogens (tertiary/aromatic N) is 2. The summed E-state index contributed by atoms with van der Waals surface area (Å²) in [5.41, 5.74) is 0.848. The quantitative estimate of drug-likeness (QED) is 0.890. The van der Waals surface area contributed by atoms with Gasteiger partial charge < -0.3 is 15.0 Å². The van der Waals surface area contributed by atoms with E-state index in [9.17, 15) is 9.59 Å². The lowest BCUT2D eigenvalue weighted by Crippen LogP contribution is -2.42. The highest BCUT2D eigenvalue weighted by molar-refractivity contribution is 5.89. The van der Waals surface area contributed by atoms with Crippen LogP contribution < -0.4 is 5.32 Å². The molecule has 22 heavy (non-hydrogen) atoms. The summed E-state index contributed by atoms with van der Waals surface area (Å²) >= 11 is 0. The van der Waals surface area contributed by atoms with Gasteiger partial charge in [-0.15, -0.1) is 0 Å². The molecule has 6 heteroatoms.